The number of nitrogens with zero attached hydrogens (tertiary/aromatic N) is 1. The van der Waals surface area contributed by atoms with Crippen molar-refractivity contribution in [2.45, 2.75) is 32.0 Å². The molecule has 2 atom stereocenters. The van der Waals surface area contributed by atoms with E-state index in [1.165, 1.54) is 5.48 Å². The van der Waals surface area contributed by atoms with Gasteiger partial charge in [-0.25, -0.2) is 5.48 Å². The molecule has 1 aliphatic heterocycles. The van der Waals surface area contributed by atoms with Gasteiger partial charge in [0.25, 0.3) is 11.8 Å². The summed E-state index contributed by atoms with van der Waals surface area (Å²) in [6, 6.07) is 3.88. The predicted octanol–water partition coefficient (Wildman–Crippen LogP) is 1.02. The van der Waals surface area contributed by atoms with E-state index in [4.69, 9.17) is 9.94 Å². The van der Waals surface area contributed by atoms with Crippen LogP contribution in [0.4, 0.5) is 0 Å². The Bertz CT molecular complexity index is 629. The number of amides is 2. The van der Waals surface area contributed by atoms with Crippen LogP contribution in [0.1, 0.15) is 35.7 Å². The molecular formula is C16H20N2O5. The Morgan fingerprint density at radius 2 is 2.17 bits per heavy atom. The van der Waals surface area contributed by atoms with Crippen LogP contribution in [0.3, 0.4) is 0 Å². The third-order valence-electron chi connectivity index (χ3n) is 3.63. The normalized spacial score (nSPS) is 19.4. The number of hydrogen-bond donors (Lipinski definition) is 3. The molecule has 124 valence electrons. The molecule has 0 bridgehead atoms. The van der Waals surface area contributed by atoms with Gasteiger partial charge < -0.3 is 9.84 Å². The Morgan fingerprint density at radius 3 is 2.74 bits per heavy atom. The first-order valence-electron chi connectivity index (χ1n) is 7.24. The second-order valence-electron chi connectivity index (χ2n) is 5.55. The summed E-state index contributed by atoms with van der Waals surface area (Å²) in [6.45, 7) is 7.90. The zero-order valence-electron chi connectivity index (χ0n) is 13.0. The Balaban J connectivity index is 2.23. The van der Waals surface area contributed by atoms with E-state index in [0.717, 1.165) is 10.5 Å². The maximum Gasteiger partial charge on any atom is 0.270 e. The van der Waals surface area contributed by atoms with Crippen LogP contribution >= 0.6 is 0 Å². The number of hydrogen-bond acceptors (Lipinski definition) is 5. The van der Waals surface area contributed by atoms with Gasteiger partial charge in [0.1, 0.15) is 12.4 Å². The first-order valence-corrected chi connectivity index (χ1v) is 7.24. The molecule has 0 spiro atoms. The predicted molar refractivity (Wildman–Crippen MR) is 82.1 cm³/mol. The van der Waals surface area contributed by atoms with Crippen molar-refractivity contribution >= 4 is 11.8 Å². The summed E-state index contributed by atoms with van der Waals surface area (Å²) in [5.74, 6) is -0.519. The van der Waals surface area contributed by atoms with Crippen molar-refractivity contribution in [3.63, 3.8) is 0 Å². The second kappa shape index (κ2) is 6.80. The van der Waals surface area contributed by atoms with E-state index in [2.05, 4.69) is 6.58 Å². The molecule has 2 rings (SSSR count). The standard InChI is InChI=1S/C16H20N2O5/c1-4-7-23-12-6-5-10(8-11(12)9(2)3)15(20)18-13(16(18)21)14(19)17-22/h4-6,8-9,13,16,21-22H,1,7H2,2-3H3,(H,17,19). The van der Waals surface area contributed by atoms with Crippen molar-refractivity contribution < 1.29 is 24.6 Å². The van der Waals surface area contributed by atoms with Crippen molar-refractivity contribution in [3.8, 4) is 5.75 Å². The van der Waals surface area contributed by atoms with E-state index in [-0.39, 0.29) is 5.92 Å². The Morgan fingerprint density at radius 1 is 1.48 bits per heavy atom. The van der Waals surface area contributed by atoms with E-state index < -0.39 is 24.1 Å². The van der Waals surface area contributed by atoms with Gasteiger partial charge in [-0.1, -0.05) is 26.5 Å². The van der Waals surface area contributed by atoms with Gasteiger partial charge >= 0.3 is 0 Å². The summed E-state index contributed by atoms with van der Waals surface area (Å²) in [6.07, 6.45) is 0.405. The molecule has 0 radical (unpaired) electrons. The zero-order valence-corrected chi connectivity index (χ0v) is 13.0. The van der Waals surface area contributed by atoms with Crippen molar-refractivity contribution in [2.75, 3.05) is 6.61 Å². The molecule has 23 heavy (non-hydrogen) atoms. The summed E-state index contributed by atoms with van der Waals surface area (Å²) in [4.78, 5) is 24.7. The smallest absolute Gasteiger partial charge is 0.270 e. The maximum absolute atomic E-state index is 12.4. The molecule has 1 aromatic carbocycles. The van der Waals surface area contributed by atoms with Gasteiger partial charge in [-0.2, -0.15) is 0 Å². The molecule has 0 aromatic heterocycles. The average molecular weight is 320 g/mol. The van der Waals surface area contributed by atoms with Gasteiger partial charge in [-0.05, 0) is 29.7 Å². The maximum atomic E-state index is 12.4. The first-order chi connectivity index (χ1) is 10.9. The molecule has 1 heterocycles. The largest absolute Gasteiger partial charge is 0.489 e. The third-order valence-corrected chi connectivity index (χ3v) is 3.63. The summed E-state index contributed by atoms with van der Waals surface area (Å²) in [7, 11) is 0. The van der Waals surface area contributed by atoms with E-state index in [9.17, 15) is 14.7 Å². The third kappa shape index (κ3) is 3.35. The van der Waals surface area contributed by atoms with Gasteiger partial charge in [-0.15, -0.1) is 0 Å². The summed E-state index contributed by atoms with van der Waals surface area (Å²) < 4.78 is 5.57. The number of nitrogens with one attached hydrogen (secondary N) is 1. The van der Waals surface area contributed by atoms with Crippen molar-refractivity contribution in [1.29, 1.82) is 0 Å². The fourth-order valence-corrected chi connectivity index (χ4v) is 2.35. The number of hydroxylamine groups is 1. The lowest BCUT2D eigenvalue weighted by Crippen LogP contribution is -2.28. The Labute approximate surface area is 134 Å². The van der Waals surface area contributed by atoms with Crippen LogP contribution in [-0.4, -0.2) is 45.9 Å². The molecule has 0 saturated carbocycles. The number of carbonyl (C=O) groups excluding carboxylic acids is 2. The fraction of sp³-hybridized carbons (Fsp3) is 0.375. The second-order valence-corrected chi connectivity index (χ2v) is 5.55. The molecule has 3 N–H and O–H groups in total. The fourth-order valence-electron chi connectivity index (χ4n) is 2.35. The highest BCUT2D eigenvalue weighted by atomic mass is 16.5. The van der Waals surface area contributed by atoms with Gasteiger partial charge in [0.15, 0.2) is 12.3 Å². The van der Waals surface area contributed by atoms with Crippen LogP contribution in [0.15, 0.2) is 30.9 Å². The van der Waals surface area contributed by atoms with Gasteiger partial charge in [-0.3, -0.25) is 19.7 Å². The van der Waals surface area contributed by atoms with Gasteiger partial charge in [0.2, 0.25) is 0 Å². The van der Waals surface area contributed by atoms with Gasteiger partial charge in [0.05, 0.1) is 0 Å². The minimum Gasteiger partial charge on any atom is -0.489 e. The van der Waals surface area contributed by atoms with Crippen LogP contribution in [0.25, 0.3) is 0 Å². The van der Waals surface area contributed by atoms with E-state index in [1.54, 1.807) is 24.3 Å². The quantitative estimate of drug-likeness (QED) is 0.315. The molecule has 1 aromatic rings. The molecule has 1 saturated heterocycles. The van der Waals surface area contributed by atoms with Crippen LogP contribution in [0.5, 0.6) is 5.75 Å². The molecule has 7 heteroatoms. The molecule has 7 nitrogen and oxygen atoms in total. The van der Waals surface area contributed by atoms with Crippen molar-refractivity contribution in [3.05, 3.63) is 42.0 Å². The summed E-state index contributed by atoms with van der Waals surface area (Å²) in [5.41, 5.74) is 2.62. The van der Waals surface area contributed by atoms with Crippen LogP contribution < -0.4 is 10.2 Å². The lowest BCUT2D eigenvalue weighted by Gasteiger charge is -2.15. The lowest BCUT2D eigenvalue weighted by atomic mass is 9.99. The molecule has 1 aliphatic rings. The first kappa shape index (κ1) is 17.0. The number of aliphatic hydroxyl groups is 1. The lowest BCUT2D eigenvalue weighted by molar-refractivity contribution is -0.129. The molecular weight excluding hydrogens is 300 g/mol. The minimum atomic E-state index is -1.23. The molecule has 2 amide bonds. The highest BCUT2D eigenvalue weighted by Crippen LogP contribution is 2.32. The van der Waals surface area contributed by atoms with Crippen LogP contribution in [0, 0.1) is 0 Å². The van der Waals surface area contributed by atoms with Crippen molar-refractivity contribution in [1.82, 2.24) is 10.4 Å². The monoisotopic (exact) mass is 320 g/mol. The molecule has 1 fully saturated rings. The van der Waals surface area contributed by atoms with E-state index in [0.29, 0.717) is 17.9 Å². The van der Waals surface area contributed by atoms with Crippen LogP contribution in [-0.2, 0) is 4.79 Å². The van der Waals surface area contributed by atoms with Crippen LogP contribution in [0.2, 0.25) is 0 Å². The number of rotatable bonds is 6. The highest BCUT2D eigenvalue weighted by molar-refractivity contribution is 6.01. The van der Waals surface area contributed by atoms with Gasteiger partial charge in [0, 0.05) is 5.56 Å². The van der Waals surface area contributed by atoms with Crippen molar-refractivity contribution in [2.24, 2.45) is 0 Å². The number of carbonyl (C=O) groups is 2. The Hall–Kier alpha value is -2.38. The minimum absolute atomic E-state index is 0.123. The SMILES string of the molecule is C=CCOc1ccc(C(=O)N2C(O)C2C(=O)NO)cc1C(C)C. The summed E-state index contributed by atoms with van der Waals surface area (Å²) >= 11 is 0. The average Bonchev–Trinajstić information content (AvgIpc) is 3.22. The summed E-state index contributed by atoms with van der Waals surface area (Å²) in [5, 5.41) is 18.3. The zero-order chi connectivity index (χ0) is 17.1. The highest BCUT2D eigenvalue weighted by Gasteiger charge is 2.55. The number of benzene rings is 1. The van der Waals surface area contributed by atoms with E-state index in [1.807, 2.05) is 13.8 Å². The molecule has 0 aliphatic carbocycles. The number of ether oxygens (including phenoxy) is 1. The Kier molecular flexibility index (Phi) is 5.02. The topological polar surface area (TPSA) is 98.9 Å². The van der Waals surface area contributed by atoms with E-state index >= 15 is 0 Å². The number of aliphatic hydroxyl groups excluding tert-OH is 1. The molecule has 2 unspecified atom stereocenters.